The maximum absolute atomic E-state index is 12.4. The van der Waals surface area contributed by atoms with Crippen LogP contribution in [0.5, 0.6) is 0 Å². The molecule has 0 unspecified atom stereocenters. The third-order valence-electron chi connectivity index (χ3n) is 3.68. The highest BCUT2D eigenvalue weighted by Gasteiger charge is 2.16. The Balaban J connectivity index is 1.71. The zero-order chi connectivity index (χ0) is 19.3. The zero-order valence-electron chi connectivity index (χ0n) is 14.1. The van der Waals surface area contributed by atoms with Gasteiger partial charge in [-0.25, -0.2) is 8.42 Å². The van der Waals surface area contributed by atoms with Gasteiger partial charge in [0.05, 0.1) is 33.4 Å². The summed E-state index contributed by atoms with van der Waals surface area (Å²) in [5, 5.41) is 2.87. The van der Waals surface area contributed by atoms with Gasteiger partial charge in [-0.05, 0) is 42.5 Å². The van der Waals surface area contributed by atoms with Crippen LogP contribution in [-0.2, 0) is 16.6 Å². The van der Waals surface area contributed by atoms with E-state index in [9.17, 15) is 13.2 Å². The largest absolute Gasteiger partial charge is 0.346 e. The summed E-state index contributed by atoms with van der Waals surface area (Å²) in [6.07, 6.45) is 1.64. The van der Waals surface area contributed by atoms with Crippen LogP contribution < -0.4 is 10.0 Å². The van der Waals surface area contributed by atoms with Gasteiger partial charge in [0, 0.05) is 6.20 Å². The summed E-state index contributed by atoms with van der Waals surface area (Å²) in [7, 11) is -3.73. The predicted molar refractivity (Wildman–Crippen MR) is 104 cm³/mol. The maximum Gasteiger partial charge on any atom is 0.261 e. The van der Waals surface area contributed by atoms with E-state index in [4.69, 9.17) is 11.6 Å². The topological polar surface area (TPSA) is 88.2 Å². The van der Waals surface area contributed by atoms with Crippen molar-refractivity contribution in [2.24, 2.45) is 0 Å². The highest BCUT2D eigenvalue weighted by molar-refractivity contribution is 7.92. The fourth-order valence-corrected chi connectivity index (χ4v) is 3.68. The summed E-state index contributed by atoms with van der Waals surface area (Å²) in [5.74, 6) is -0.372. The normalized spacial score (nSPS) is 11.0. The second-order valence-corrected chi connectivity index (χ2v) is 7.71. The average Bonchev–Trinajstić information content (AvgIpc) is 2.67. The van der Waals surface area contributed by atoms with Crippen LogP contribution >= 0.6 is 11.6 Å². The van der Waals surface area contributed by atoms with Gasteiger partial charge in [-0.1, -0.05) is 35.9 Å². The molecule has 0 aliphatic rings. The van der Waals surface area contributed by atoms with Crippen molar-refractivity contribution in [3.8, 4) is 0 Å². The third kappa shape index (κ3) is 4.84. The minimum Gasteiger partial charge on any atom is -0.346 e. The van der Waals surface area contributed by atoms with Crippen molar-refractivity contribution >= 4 is 33.2 Å². The van der Waals surface area contributed by atoms with Crippen LogP contribution in [0.15, 0.2) is 77.8 Å². The molecule has 0 saturated carbocycles. The molecule has 0 spiro atoms. The predicted octanol–water partition coefficient (Wildman–Crippen LogP) is 3.47. The van der Waals surface area contributed by atoms with Crippen LogP contribution in [0.1, 0.15) is 16.1 Å². The molecule has 3 aromatic rings. The third-order valence-corrected chi connectivity index (χ3v) is 5.39. The summed E-state index contributed by atoms with van der Waals surface area (Å²) < 4.78 is 27.1. The lowest BCUT2D eigenvalue weighted by molar-refractivity contribution is 0.0950. The number of hydrogen-bond donors (Lipinski definition) is 2. The Hall–Kier alpha value is -2.90. The first kappa shape index (κ1) is 18.9. The lowest BCUT2D eigenvalue weighted by Crippen LogP contribution is -2.23. The smallest absolute Gasteiger partial charge is 0.261 e. The summed E-state index contributed by atoms with van der Waals surface area (Å²) >= 11 is 6.17. The molecule has 138 valence electrons. The molecule has 2 N–H and O–H groups in total. The number of amides is 1. The van der Waals surface area contributed by atoms with Crippen molar-refractivity contribution in [1.29, 1.82) is 0 Å². The number of halogens is 1. The number of hydrogen-bond acceptors (Lipinski definition) is 4. The first-order valence-corrected chi connectivity index (χ1v) is 9.87. The average molecular weight is 402 g/mol. The number of carbonyl (C=O) groups excluding carboxylic acids is 1. The van der Waals surface area contributed by atoms with Gasteiger partial charge < -0.3 is 5.32 Å². The minimum absolute atomic E-state index is 0.137. The molecule has 3 rings (SSSR count). The summed E-state index contributed by atoms with van der Waals surface area (Å²) in [5.41, 5.74) is 1.23. The molecule has 2 aromatic carbocycles. The second-order valence-electron chi connectivity index (χ2n) is 5.62. The highest BCUT2D eigenvalue weighted by atomic mass is 35.5. The number of nitrogens with zero attached hydrogens (tertiary/aromatic N) is 1. The van der Waals surface area contributed by atoms with Gasteiger partial charge in [0.25, 0.3) is 15.9 Å². The fourth-order valence-electron chi connectivity index (χ4n) is 2.35. The monoisotopic (exact) mass is 401 g/mol. The van der Waals surface area contributed by atoms with E-state index in [1.165, 1.54) is 30.3 Å². The fraction of sp³-hybridized carbons (Fsp3) is 0.0526. The molecule has 0 aliphatic carbocycles. The van der Waals surface area contributed by atoms with Crippen molar-refractivity contribution in [3.63, 3.8) is 0 Å². The number of nitrogens with one attached hydrogen (secondary N) is 2. The lowest BCUT2D eigenvalue weighted by atomic mass is 10.2. The van der Waals surface area contributed by atoms with E-state index in [1.807, 2.05) is 6.07 Å². The first-order chi connectivity index (χ1) is 13.0. The van der Waals surface area contributed by atoms with Crippen molar-refractivity contribution in [2.45, 2.75) is 11.4 Å². The van der Waals surface area contributed by atoms with Gasteiger partial charge in [-0.2, -0.15) is 0 Å². The van der Waals surface area contributed by atoms with E-state index in [0.717, 1.165) is 0 Å². The van der Waals surface area contributed by atoms with Crippen LogP contribution in [0.4, 0.5) is 5.69 Å². The molecule has 0 aliphatic heterocycles. The molecule has 1 aromatic heterocycles. The van der Waals surface area contributed by atoms with Crippen LogP contribution in [0, 0.1) is 0 Å². The number of aromatic nitrogens is 1. The molecular formula is C19H16ClN3O3S. The molecule has 0 saturated heterocycles. The van der Waals surface area contributed by atoms with Crippen molar-refractivity contribution in [3.05, 3.63) is 89.2 Å². The zero-order valence-corrected chi connectivity index (χ0v) is 15.7. The van der Waals surface area contributed by atoms with Crippen LogP contribution in [-0.4, -0.2) is 19.3 Å². The number of benzene rings is 2. The number of anilines is 1. The van der Waals surface area contributed by atoms with Gasteiger partial charge >= 0.3 is 0 Å². The molecule has 27 heavy (non-hydrogen) atoms. The van der Waals surface area contributed by atoms with Crippen molar-refractivity contribution in [2.75, 3.05) is 4.72 Å². The summed E-state index contributed by atoms with van der Waals surface area (Å²) in [6, 6.07) is 17.8. The molecule has 0 bridgehead atoms. The number of rotatable bonds is 6. The number of pyridine rings is 1. The first-order valence-electron chi connectivity index (χ1n) is 8.01. The molecule has 6 nitrogen and oxygen atoms in total. The Morgan fingerprint density at radius 2 is 1.74 bits per heavy atom. The van der Waals surface area contributed by atoms with E-state index in [2.05, 4.69) is 15.0 Å². The van der Waals surface area contributed by atoms with Gasteiger partial charge in [-0.15, -0.1) is 0 Å². The molecule has 1 heterocycles. The Labute approximate surface area is 162 Å². The van der Waals surface area contributed by atoms with Crippen LogP contribution in [0.3, 0.4) is 0 Å². The van der Waals surface area contributed by atoms with Crippen molar-refractivity contribution in [1.82, 2.24) is 10.3 Å². The quantitative estimate of drug-likeness (QED) is 0.662. The molecule has 1 amide bonds. The Bertz CT molecular complexity index is 1040. The van der Waals surface area contributed by atoms with E-state index >= 15 is 0 Å². The standard InChI is InChI=1S/C19H16ClN3O3S/c20-18-12-14(23-27(25,26)16-7-2-1-3-8-16)9-10-17(18)19(24)22-13-15-6-4-5-11-21-15/h1-12,23H,13H2,(H,22,24). The second kappa shape index (κ2) is 8.20. The summed E-state index contributed by atoms with van der Waals surface area (Å²) in [6.45, 7) is 0.262. The molecule has 0 fully saturated rings. The Kier molecular flexibility index (Phi) is 5.73. The Morgan fingerprint density at radius 1 is 1.00 bits per heavy atom. The van der Waals surface area contributed by atoms with Gasteiger partial charge in [-0.3, -0.25) is 14.5 Å². The van der Waals surface area contributed by atoms with E-state index < -0.39 is 10.0 Å². The molecule has 0 radical (unpaired) electrons. The van der Waals surface area contributed by atoms with E-state index in [1.54, 1.807) is 36.5 Å². The van der Waals surface area contributed by atoms with Gasteiger partial charge in [0.1, 0.15) is 0 Å². The minimum atomic E-state index is -3.73. The number of carbonyl (C=O) groups is 1. The summed E-state index contributed by atoms with van der Waals surface area (Å²) in [4.78, 5) is 16.6. The molecule has 0 atom stereocenters. The van der Waals surface area contributed by atoms with E-state index in [-0.39, 0.29) is 33.6 Å². The van der Waals surface area contributed by atoms with Crippen LogP contribution in [0.25, 0.3) is 0 Å². The maximum atomic E-state index is 12.4. The highest BCUT2D eigenvalue weighted by Crippen LogP contribution is 2.23. The SMILES string of the molecule is O=C(NCc1ccccn1)c1ccc(NS(=O)(=O)c2ccccc2)cc1Cl. The van der Waals surface area contributed by atoms with E-state index in [0.29, 0.717) is 5.69 Å². The Morgan fingerprint density at radius 3 is 2.41 bits per heavy atom. The van der Waals surface area contributed by atoms with Gasteiger partial charge in [0.2, 0.25) is 0 Å². The molecule has 8 heteroatoms. The van der Waals surface area contributed by atoms with Crippen molar-refractivity contribution < 1.29 is 13.2 Å². The van der Waals surface area contributed by atoms with Crippen LogP contribution in [0.2, 0.25) is 5.02 Å². The molecular weight excluding hydrogens is 386 g/mol. The lowest BCUT2D eigenvalue weighted by Gasteiger charge is -2.11. The number of sulfonamides is 1. The van der Waals surface area contributed by atoms with Gasteiger partial charge in [0.15, 0.2) is 0 Å².